The van der Waals surface area contributed by atoms with Gasteiger partial charge in [0.1, 0.15) is 0 Å². The number of nitrogens with zero attached hydrogens (tertiary/aromatic N) is 1. The molecule has 14 heavy (non-hydrogen) atoms. The fourth-order valence-electron chi connectivity index (χ4n) is 0.794. The fraction of sp³-hybridized carbons (Fsp3) is 0.222. The Morgan fingerprint density at radius 3 is 2.36 bits per heavy atom. The van der Waals surface area contributed by atoms with Crippen LogP contribution in [-0.2, 0) is 24.3 Å². The Balaban J connectivity index is 0. The number of carbonyl (C=O) groups is 1. The summed E-state index contributed by atoms with van der Waals surface area (Å²) in [4.78, 5) is 16.1. The number of benzene rings is 1. The second kappa shape index (κ2) is 8.32. The average Bonchev–Trinajstić information content (AvgIpc) is 2.17. The van der Waals surface area contributed by atoms with Gasteiger partial charge in [-0.2, -0.15) is 30.3 Å². The maximum absolute atomic E-state index is 11.4. The molecule has 0 N–H and O–H groups in total. The molecule has 72 valence electrons. The minimum Gasteiger partial charge on any atom is -1.00 e. The molecule has 1 rings (SSSR count). The van der Waals surface area contributed by atoms with Gasteiger partial charge in [-0.15, -0.1) is 0 Å². The molecule has 0 atom stereocenters. The Morgan fingerprint density at radius 2 is 1.93 bits per heavy atom. The van der Waals surface area contributed by atoms with Gasteiger partial charge in [0.15, 0.2) is 0 Å². The zero-order valence-corrected chi connectivity index (χ0v) is 13.3. The van der Waals surface area contributed by atoms with Gasteiger partial charge in [-0.3, -0.25) is 9.63 Å². The number of carbonyl (C=O) groups excluding carboxylic acids is 1. The normalized spacial score (nSPS) is 8.14. The van der Waals surface area contributed by atoms with Crippen LogP contribution in [0.5, 0.6) is 0 Å². The molecular formula is C9H10INO2Zn. The van der Waals surface area contributed by atoms with Gasteiger partial charge in [0.25, 0.3) is 5.91 Å². The largest absolute Gasteiger partial charge is 2.00 e. The molecule has 0 saturated heterocycles. The average molecular weight is 356 g/mol. The molecule has 0 saturated carbocycles. The molecule has 3 nitrogen and oxygen atoms in total. The third-order valence-electron chi connectivity index (χ3n) is 1.53. The molecular weight excluding hydrogens is 346 g/mol. The van der Waals surface area contributed by atoms with Crippen LogP contribution in [-0.4, -0.2) is 25.1 Å². The number of amides is 1. The van der Waals surface area contributed by atoms with Crippen LogP contribution in [0, 0.1) is 6.07 Å². The summed E-state index contributed by atoms with van der Waals surface area (Å²) >= 11 is 0. The number of halogens is 1. The molecule has 0 aliphatic heterocycles. The van der Waals surface area contributed by atoms with Crippen LogP contribution in [0.1, 0.15) is 10.4 Å². The molecule has 0 aliphatic carbocycles. The van der Waals surface area contributed by atoms with Crippen LogP contribution in [0.15, 0.2) is 24.3 Å². The summed E-state index contributed by atoms with van der Waals surface area (Å²) in [7, 11) is 3.02. The van der Waals surface area contributed by atoms with E-state index in [-0.39, 0.29) is 49.4 Å². The summed E-state index contributed by atoms with van der Waals surface area (Å²) in [5.41, 5.74) is 0.595. The van der Waals surface area contributed by atoms with E-state index in [9.17, 15) is 4.79 Å². The topological polar surface area (TPSA) is 29.5 Å². The standard InChI is InChI=1S/C9H10NO2.HI.Zn/c1-10(12-2)9(11)8-6-4-3-5-7-8;;/h4-7H,1-2H3;1H;/q-1;;+2/p-1. The molecule has 0 fully saturated rings. The fourth-order valence-corrected chi connectivity index (χ4v) is 0.794. The van der Waals surface area contributed by atoms with E-state index in [1.807, 2.05) is 0 Å². The molecule has 1 aromatic rings. The van der Waals surface area contributed by atoms with E-state index in [2.05, 4.69) is 6.07 Å². The molecule has 0 radical (unpaired) electrons. The summed E-state index contributed by atoms with van der Waals surface area (Å²) in [5, 5.41) is 1.18. The van der Waals surface area contributed by atoms with Gasteiger partial charge < -0.3 is 24.0 Å². The van der Waals surface area contributed by atoms with Gasteiger partial charge >= 0.3 is 19.5 Å². The van der Waals surface area contributed by atoms with Crippen molar-refractivity contribution in [2.75, 3.05) is 14.2 Å². The minimum absolute atomic E-state index is 0. The van der Waals surface area contributed by atoms with Crippen molar-refractivity contribution in [1.82, 2.24) is 5.06 Å². The number of hydrogen-bond acceptors (Lipinski definition) is 2. The first kappa shape index (κ1) is 16.4. The van der Waals surface area contributed by atoms with Crippen molar-refractivity contribution < 1.29 is 53.1 Å². The Labute approximate surface area is 114 Å². The smallest absolute Gasteiger partial charge is 1.00 e. The van der Waals surface area contributed by atoms with Crippen LogP contribution in [0.2, 0.25) is 0 Å². The maximum Gasteiger partial charge on any atom is 2.00 e. The van der Waals surface area contributed by atoms with Crippen LogP contribution >= 0.6 is 0 Å². The van der Waals surface area contributed by atoms with E-state index in [1.165, 1.54) is 12.2 Å². The predicted octanol–water partition coefficient (Wildman–Crippen LogP) is -1.88. The predicted molar refractivity (Wildman–Crippen MR) is 44.4 cm³/mol. The third-order valence-corrected chi connectivity index (χ3v) is 1.53. The summed E-state index contributed by atoms with van der Waals surface area (Å²) < 4.78 is 0. The van der Waals surface area contributed by atoms with E-state index < -0.39 is 0 Å². The molecule has 0 aliphatic rings. The van der Waals surface area contributed by atoms with Gasteiger partial charge in [-0.05, 0) is 0 Å². The van der Waals surface area contributed by atoms with Gasteiger partial charge in [0, 0.05) is 7.05 Å². The van der Waals surface area contributed by atoms with Crippen molar-refractivity contribution in [3.8, 4) is 0 Å². The Kier molecular flexibility index (Phi) is 9.77. The molecule has 0 bridgehead atoms. The summed E-state index contributed by atoms with van der Waals surface area (Å²) in [5.74, 6) is -0.161. The number of rotatable bonds is 2. The van der Waals surface area contributed by atoms with Crippen LogP contribution in [0.4, 0.5) is 0 Å². The minimum atomic E-state index is -0.161. The van der Waals surface area contributed by atoms with Crippen molar-refractivity contribution in [1.29, 1.82) is 0 Å². The van der Waals surface area contributed by atoms with E-state index in [4.69, 9.17) is 4.84 Å². The van der Waals surface area contributed by atoms with E-state index >= 15 is 0 Å². The first-order valence-electron chi connectivity index (χ1n) is 3.54. The van der Waals surface area contributed by atoms with Crippen molar-refractivity contribution in [2.45, 2.75) is 0 Å². The van der Waals surface area contributed by atoms with Gasteiger partial charge in [0.05, 0.1) is 7.11 Å². The van der Waals surface area contributed by atoms with Crippen LogP contribution in [0.3, 0.4) is 0 Å². The van der Waals surface area contributed by atoms with Crippen molar-refractivity contribution in [2.24, 2.45) is 0 Å². The molecule has 0 spiro atoms. The summed E-state index contributed by atoms with van der Waals surface area (Å²) in [6, 6.07) is 9.60. The van der Waals surface area contributed by atoms with Crippen LogP contribution in [0.25, 0.3) is 0 Å². The van der Waals surface area contributed by atoms with Gasteiger partial charge in [-0.1, -0.05) is 5.56 Å². The van der Waals surface area contributed by atoms with E-state index in [1.54, 1.807) is 31.3 Å². The Bertz CT molecular complexity index is 269. The SMILES string of the molecule is CON(C)C(=O)c1cc[c-]cc1.[I-].[Zn+2]. The molecule has 0 unspecified atom stereocenters. The maximum atomic E-state index is 11.4. The Morgan fingerprint density at radius 1 is 1.43 bits per heavy atom. The van der Waals surface area contributed by atoms with Crippen molar-refractivity contribution in [3.05, 3.63) is 35.9 Å². The molecule has 1 amide bonds. The number of hydroxylamine groups is 2. The first-order valence-corrected chi connectivity index (χ1v) is 3.54. The van der Waals surface area contributed by atoms with Gasteiger partial charge in [-0.25, -0.2) is 5.06 Å². The summed E-state index contributed by atoms with van der Waals surface area (Å²) in [6.45, 7) is 0. The molecule has 1 aromatic carbocycles. The second-order valence-electron chi connectivity index (χ2n) is 2.27. The first-order chi connectivity index (χ1) is 5.75. The third kappa shape index (κ3) is 4.48. The zero-order chi connectivity index (χ0) is 8.97. The van der Waals surface area contributed by atoms with E-state index in [0.717, 1.165) is 0 Å². The van der Waals surface area contributed by atoms with Crippen molar-refractivity contribution in [3.63, 3.8) is 0 Å². The zero-order valence-electron chi connectivity index (χ0n) is 8.16. The van der Waals surface area contributed by atoms with Crippen molar-refractivity contribution >= 4 is 5.91 Å². The molecule has 0 aromatic heterocycles. The van der Waals surface area contributed by atoms with Gasteiger partial charge in [0.2, 0.25) is 0 Å². The quantitative estimate of drug-likeness (QED) is 0.269. The number of hydrogen-bond donors (Lipinski definition) is 0. The second-order valence-corrected chi connectivity index (χ2v) is 2.27. The summed E-state index contributed by atoms with van der Waals surface area (Å²) in [6.07, 6.45) is 0. The monoisotopic (exact) mass is 355 g/mol. The Hall–Kier alpha value is 0.00338. The van der Waals surface area contributed by atoms with Crippen LogP contribution < -0.4 is 24.0 Å². The molecule has 0 heterocycles. The van der Waals surface area contributed by atoms with E-state index in [0.29, 0.717) is 5.56 Å². The molecule has 5 heteroatoms.